The number of nitriles is 1. The number of hydrogen-bond donors (Lipinski definition) is 1. The van der Waals surface area contributed by atoms with Gasteiger partial charge in [-0.1, -0.05) is 30.4 Å². The Bertz CT molecular complexity index is 822. The molecule has 1 N–H and O–H groups in total. The van der Waals surface area contributed by atoms with Gasteiger partial charge in [-0.3, -0.25) is 10.1 Å². The van der Waals surface area contributed by atoms with Crippen molar-refractivity contribution in [3.8, 4) is 17.6 Å². The van der Waals surface area contributed by atoms with Crippen LogP contribution in [0.3, 0.4) is 0 Å². The molecule has 1 aliphatic rings. The average molecular weight is 328 g/mol. The Labute approximate surface area is 136 Å². The molecular weight excluding hydrogens is 316 g/mol. The molecular formula is C15H12N4O3S. The van der Waals surface area contributed by atoms with E-state index in [-0.39, 0.29) is 12.4 Å². The summed E-state index contributed by atoms with van der Waals surface area (Å²) in [5.41, 5.74) is 0.556. The van der Waals surface area contributed by atoms with Gasteiger partial charge in [-0.15, -0.1) is 10.2 Å². The summed E-state index contributed by atoms with van der Waals surface area (Å²) >= 11 is 1.28. The third-order valence-corrected chi connectivity index (χ3v) is 4.06. The molecule has 1 aliphatic heterocycles. The van der Waals surface area contributed by atoms with Gasteiger partial charge >= 0.3 is 0 Å². The fraction of sp³-hybridized carbons (Fsp3) is 0.200. The summed E-state index contributed by atoms with van der Waals surface area (Å²) in [4.78, 5) is 12.2. The van der Waals surface area contributed by atoms with Gasteiger partial charge < -0.3 is 9.47 Å². The van der Waals surface area contributed by atoms with E-state index in [2.05, 4.69) is 15.5 Å². The van der Waals surface area contributed by atoms with Crippen LogP contribution < -0.4 is 14.8 Å². The third kappa shape index (κ3) is 3.14. The zero-order valence-electron chi connectivity index (χ0n) is 12.2. The number of aryl methyl sites for hydroxylation is 1. The number of ether oxygens (including phenoxy) is 2. The lowest BCUT2D eigenvalue weighted by Gasteiger charge is -2.02. The predicted octanol–water partition coefficient (Wildman–Crippen LogP) is 2.37. The van der Waals surface area contributed by atoms with Crippen LogP contribution in [-0.2, 0) is 11.2 Å². The normalized spacial score (nSPS) is 12.8. The summed E-state index contributed by atoms with van der Waals surface area (Å²) in [6.45, 7) is 2.07. The summed E-state index contributed by atoms with van der Waals surface area (Å²) < 4.78 is 10.6. The van der Waals surface area contributed by atoms with E-state index in [0.29, 0.717) is 22.2 Å². The number of carbonyl (C=O) groups is 1. The first-order valence-corrected chi connectivity index (χ1v) is 7.67. The molecule has 0 fully saturated rings. The van der Waals surface area contributed by atoms with E-state index in [1.807, 2.05) is 13.0 Å². The highest BCUT2D eigenvalue weighted by Crippen LogP contribution is 2.36. The topological polar surface area (TPSA) is 97.1 Å². The van der Waals surface area contributed by atoms with Gasteiger partial charge in [0.1, 0.15) is 16.6 Å². The second-order valence-electron chi connectivity index (χ2n) is 4.56. The summed E-state index contributed by atoms with van der Waals surface area (Å²) in [5, 5.41) is 20.8. The van der Waals surface area contributed by atoms with Crippen molar-refractivity contribution < 1.29 is 14.3 Å². The minimum atomic E-state index is -0.539. The fourth-order valence-corrected chi connectivity index (χ4v) is 2.66. The largest absolute Gasteiger partial charge is 0.454 e. The number of nitrogens with one attached hydrogen (secondary N) is 1. The molecule has 0 radical (unpaired) electrons. The number of fused-ring (bicyclic) bond motifs is 1. The number of rotatable bonds is 4. The zero-order chi connectivity index (χ0) is 16.2. The molecule has 1 amide bonds. The number of aromatic nitrogens is 2. The van der Waals surface area contributed by atoms with Crippen molar-refractivity contribution in [1.29, 1.82) is 5.26 Å². The van der Waals surface area contributed by atoms with Crippen LogP contribution in [0.5, 0.6) is 11.5 Å². The van der Waals surface area contributed by atoms with Crippen molar-refractivity contribution in [2.24, 2.45) is 0 Å². The molecule has 0 saturated heterocycles. The maximum atomic E-state index is 12.2. The van der Waals surface area contributed by atoms with E-state index in [1.54, 1.807) is 18.2 Å². The van der Waals surface area contributed by atoms with Crippen molar-refractivity contribution in [1.82, 2.24) is 10.2 Å². The Morgan fingerprint density at radius 1 is 1.48 bits per heavy atom. The van der Waals surface area contributed by atoms with Gasteiger partial charge in [-0.25, -0.2) is 0 Å². The molecule has 0 spiro atoms. The number of benzene rings is 1. The number of para-hydroxylation sites is 1. The van der Waals surface area contributed by atoms with Gasteiger partial charge in [0.25, 0.3) is 5.91 Å². The van der Waals surface area contributed by atoms with Crippen LogP contribution in [0, 0.1) is 11.3 Å². The van der Waals surface area contributed by atoms with Crippen molar-refractivity contribution in [3.05, 3.63) is 34.3 Å². The quantitative estimate of drug-likeness (QED) is 0.683. The van der Waals surface area contributed by atoms with Crippen LogP contribution in [0.25, 0.3) is 6.08 Å². The molecule has 0 saturated carbocycles. The molecule has 116 valence electrons. The van der Waals surface area contributed by atoms with Crippen LogP contribution in [0.1, 0.15) is 17.5 Å². The molecule has 0 aliphatic carbocycles. The van der Waals surface area contributed by atoms with Crippen LogP contribution in [0.15, 0.2) is 23.8 Å². The highest BCUT2D eigenvalue weighted by molar-refractivity contribution is 7.15. The van der Waals surface area contributed by atoms with Crippen LogP contribution in [0.4, 0.5) is 5.13 Å². The van der Waals surface area contributed by atoms with Gasteiger partial charge in [-0.2, -0.15) is 5.26 Å². The Kier molecular flexibility index (Phi) is 4.21. The second kappa shape index (κ2) is 6.46. The number of carbonyl (C=O) groups excluding carboxylic acids is 1. The number of amides is 1. The van der Waals surface area contributed by atoms with E-state index < -0.39 is 5.91 Å². The van der Waals surface area contributed by atoms with Crippen LogP contribution >= 0.6 is 11.3 Å². The second-order valence-corrected chi connectivity index (χ2v) is 5.62. The first kappa shape index (κ1) is 15.0. The van der Waals surface area contributed by atoms with Crippen molar-refractivity contribution >= 4 is 28.5 Å². The third-order valence-electron chi connectivity index (χ3n) is 3.08. The first-order valence-electron chi connectivity index (χ1n) is 6.85. The fourth-order valence-electron chi connectivity index (χ4n) is 1.98. The Morgan fingerprint density at radius 2 is 2.35 bits per heavy atom. The highest BCUT2D eigenvalue weighted by atomic mass is 32.1. The molecule has 2 heterocycles. The molecule has 0 unspecified atom stereocenters. The van der Waals surface area contributed by atoms with Gasteiger partial charge in [-0.05, 0) is 18.6 Å². The van der Waals surface area contributed by atoms with Crippen LogP contribution in [0.2, 0.25) is 0 Å². The van der Waals surface area contributed by atoms with Crippen molar-refractivity contribution in [2.45, 2.75) is 13.3 Å². The number of nitrogens with zero attached hydrogens (tertiary/aromatic N) is 3. The molecule has 7 nitrogen and oxygen atoms in total. The van der Waals surface area contributed by atoms with E-state index in [1.165, 1.54) is 17.4 Å². The summed E-state index contributed by atoms with van der Waals surface area (Å²) in [5.74, 6) is 0.577. The highest BCUT2D eigenvalue weighted by Gasteiger charge is 2.18. The number of hydrogen-bond acceptors (Lipinski definition) is 7. The molecule has 2 aromatic rings. The first-order chi connectivity index (χ1) is 11.2. The minimum Gasteiger partial charge on any atom is -0.454 e. The number of anilines is 1. The zero-order valence-corrected chi connectivity index (χ0v) is 13.0. The molecule has 1 aromatic heterocycles. The molecule has 3 rings (SSSR count). The van der Waals surface area contributed by atoms with Gasteiger partial charge in [0.15, 0.2) is 11.5 Å². The van der Waals surface area contributed by atoms with E-state index in [4.69, 9.17) is 9.47 Å². The summed E-state index contributed by atoms with van der Waals surface area (Å²) in [6.07, 6.45) is 2.20. The maximum absolute atomic E-state index is 12.2. The Morgan fingerprint density at radius 3 is 3.09 bits per heavy atom. The average Bonchev–Trinajstić information content (AvgIpc) is 3.21. The lowest BCUT2D eigenvalue weighted by Crippen LogP contribution is -2.13. The minimum absolute atomic E-state index is 0.0536. The van der Waals surface area contributed by atoms with E-state index >= 15 is 0 Å². The van der Waals surface area contributed by atoms with Gasteiger partial charge in [0, 0.05) is 5.56 Å². The van der Waals surface area contributed by atoms with Gasteiger partial charge in [0.2, 0.25) is 11.9 Å². The molecule has 0 bridgehead atoms. The smallest absolute Gasteiger partial charge is 0.268 e. The lowest BCUT2D eigenvalue weighted by atomic mass is 10.1. The Balaban J connectivity index is 1.83. The Hall–Kier alpha value is -2.92. The summed E-state index contributed by atoms with van der Waals surface area (Å²) in [7, 11) is 0. The molecule has 23 heavy (non-hydrogen) atoms. The van der Waals surface area contributed by atoms with Crippen molar-refractivity contribution in [2.75, 3.05) is 12.1 Å². The lowest BCUT2D eigenvalue weighted by molar-refractivity contribution is -0.112. The SMILES string of the molecule is CCc1nnc(NC(=O)/C(C#N)=C/c2cccc3c2OCO3)s1. The van der Waals surface area contributed by atoms with Crippen molar-refractivity contribution in [3.63, 3.8) is 0 Å². The monoisotopic (exact) mass is 328 g/mol. The molecule has 0 atom stereocenters. The summed E-state index contributed by atoms with van der Waals surface area (Å²) in [6, 6.07) is 7.17. The molecule has 8 heteroatoms. The maximum Gasteiger partial charge on any atom is 0.268 e. The van der Waals surface area contributed by atoms with Gasteiger partial charge in [0.05, 0.1) is 0 Å². The van der Waals surface area contributed by atoms with E-state index in [9.17, 15) is 10.1 Å². The van der Waals surface area contributed by atoms with Crippen LogP contribution in [-0.4, -0.2) is 22.9 Å². The standard InChI is InChI=1S/C15H12N4O3S/c1-2-12-18-19-15(23-12)17-14(20)10(7-16)6-9-4-3-5-11-13(9)22-8-21-11/h3-6H,2,8H2,1H3,(H,17,19,20)/b10-6+. The molecule has 1 aromatic carbocycles. The predicted molar refractivity (Wildman–Crippen MR) is 84.1 cm³/mol. The van der Waals surface area contributed by atoms with E-state index in [0.717, 1.165) is 11.4 Å².